The van der Waals surface area contributed by atoms with Gasteiger partial charge in [-0.3, -0.25) is 9.59 Å². The number of nitrogens with zero attached hydrogens (tertiary/aromatic N) is 1. The molecule has 1 aromatic heterocycles. The number of ether oxygens (including phenoxy) is 1. The molecule has 3 aromatic rings. The third kappa shape index (κ3) is 5.34. The molecule has 0 aliphatic heterocycles. The molecule has 34 heavy (non-hydrogen) atoms. The molecule has 0 unspecified atom stereocenters. The number of rotatable bonds is 7. The molecule has 0 saturated heterocycles. The standard InChI is InChI=1S/C21H14ClF4N3O5/c1-9-16(20(29-34-9)17-10(22)3-2-4-11(17)23)21(32)33-8-15(31)27-7-14(30)28-13-6-5-12(24)18(25)19(13)26/h2-6H,7-8H2,1H3,(H,27,31)(H,28,30). The first-order chi connectivity index (χ1) is 16.1. The van der Waals surface area contributed by atoms with Crippen LogP contribution in [0.5, 0.6) is 0 Å². The molecule has 8 nitrogen and oxygen atoms in total. The summed E-state index contributed by atoms with van der Waals surface area (Å²) >= 11 is 5.99. The summed E-state index contributed by atoms with van der Waals surface area (Å²) < 4.78 is 63.7. The molecule has 0 spiro atoms. The maximum Gasteiger partial charge on any atom is 0.344 e. The Morgan fingerprint density at radius 1 is 1.03 bits per heavy atom. The fourth-order valence-electron chi connectivity index (χ4n) is 2.76. The van der Waals surface area contributed by atoms with Crippen LogP contribution in [0.4, 0.5) is 23.2 Å². The molecule has 1 heterocycles. The van der Waals surface area contributed by atoms with Gasteiger partial charge in [0.2, 0.25) is 5.91 Å². The number of hydrogen-bond donors (Lipinski definition) is 2. The molecular formula is C21H14ClF4N3O5. The molecule has 178 valence electrons. The van der Waals surface area contributed by atoms with Gasteiger partial charge in [-0.1, -0.05) is 22.8 Å². The number of amides is 2. The number of benzene rings is 2. The summed E-state index contributed by atoms with van der Waals surface area (Å²) in [6.45, 7) is -0.179. The van der Waals surface area contributed by atoms with Crippen molar-refractivity contribution in [3.63, 3.8) is 0 Å². The number of aryl methyl sites for hydroxylation is 1. The van der Waals surface area contributed by atoms with Crippen LogP contribution >= 0.6 is 11.6 Å². The Labute approximate surface area is 193 Å². The Morgan fingerprint density at radius 2 is 1.76 bits per heavy atom. The summed E-state index contributed by atoms with van der Waals surface area (Å²) in [6.07, 6.45) is 0. The van der Waals surface area contributed by atoms with Gasteiger partial charge in [-0.15, -0.1) is 0 Å². The van der Waals surface area contributed by atoms with Crippen molar-refractivity contribution >= 4 is 35.1 Å². The number of hydrogen-bond acceptors (Lipinski definition) is 6. The van der Waals surface area contributed by atoms with E-state index in [-0.39, 0.29) is 27.6 Å². The van der Waals surface area contributed by atoms with Crippen LogP contribution in [0.1, 0.15) is 16.1 Å². The molecule has 2 aromatic carbocycles. The van der Waals surface area contributed by atoms with Gasteiger partial charge in [0.25, 0.3) is 5.91 Å². The highest BCUT2D eigenvalue weighted by Gasteiger charge is 2.27. The number of carbonyl (C=O) groups excluding carboxylic acids is 3. The van der Waals surface area contributed by atoms with Crippen LogP contribution in [0, 0.1) is 30.2 Å². The van der Waals surface area contributed by atoms with E-state index in [2.05, 4.69) is 10.5 Å². The highest BCUT2D eigenvalue weighted by atomic mass is 35.5. The van der Waals surface area contributed by atoms with E-state index in [4.69, 9.17) is 20.9 Å². The van der Waals surface area contributed by atoms with Crippen molar-refractivity contribution in [2.45, 2.75) is 6.92 Å². The van der Waals surface area contributed by atoms with Gasteiger partial charge in [-0.25, -0.2) is 22.4 Å². The van der Waals surface area contributed by atoms with Crippen LogP contribution in [-0.2, 0) is 14.3 Å². The molecule has 3 rings (SSSR count). The van der Waals surface area contributed by atoms with E-state index in [1.807, 2.05) is 5.32 Å². The minimum atomic E-state index is -1.77. The van der Waals surface area contributed by atoms with Crippen LogP contribution in [-0.4, -0.2) is 36.1 Å². The lowest BCUT2D eigenvalue weighted by Crippen LogP contribution is -2.35. The van der Waals surface area contributed by atoms with E-state index in [9.17, 15) is 31.9 Å². The van der Waals surface area contributed by atoms with Crippen LogP contribution in [0.2, 0.25) is 5.02 Å². The topological polar surface area (TPSA) is 111 Å². The Kier molecular flexibility index (Phi) is 7.51. The van der Waals surface area contributed by atoms with Crippen molar-refractivity contribution in [2.75, 3.05) is 18.5 Å². The van der Waals surface area contributed by atoms with Crippen LogP contribution in [0.3, 0.4) is 0 Å². The predicted octanol–water partition coefficient (Wildman–Crippen LogP) is 3.77. The van der Waals surface area contributed by atoms with Gasteiger partial charge in [-0.2, -0.15) is 0 Å². The molecular weight excluding hydrogens is 486 g/mol. The monoisotopic (exact) mass is 499 g/mol. The number of esters is 1. The van der Waals surface area contributed by atoms with Crippen molar-refractivity contribution < 1.29 is 41.2 Å². The largest absolute Gasteiger partial charge is 0.452 e. The molecule has 0 aliphatic carbocycles. The maximum absolute atomic E-state index is 14.2. The molecule has 2 amide bonds. The Morgan fingerprint density at radius 3 is 2.47 bits per heavy atom. The highest BCUT2D eigenvalue weighted by Crippen LogP contribution is 2.33. The quantitative estimate of drug-likeness (QED) is 0.291. The van der Waals surface area contributed by atoms with Gasteiger partial charge in [-0.05, 0) is 31.2 Å². The average molecular weight is 500 g/mol. The van der Waals surface area contributed by atoms with Gasteiger partial charge < -0.3 is 19.9 Å². The molecule has 0 aliphatic rings. The van der Waals surface area contributed by atoms with Gasteiger partial charge in [0.05, 0.1) is 22.8 Å². The molecule has 0 radical (unpaired) electrons. The Bertz CT molecular complexity index is 1260. The second-order valence-corrected chi connectivity index (χ2v) is 7.09. The van der Waals surface area contributed by atoms with Gasteiger partial charge in [0.1, 0.15) is 22.8 Å². The first-order valence-corrected chi connectivity index (χ1v) is 9.75. The number of aromatic nitrogens is 1. The van der Waals surface area contributed by atoms with Gasteiger partial charge >= 0.3 is 5.97 Å². The normalized spacial score (nSPS) is 10.6. The summed E-state index contributed by atoms with van der Waals surface area (Å²) in [6, 6.07) is 5.25. The first kappa shape index (κ1) is 24.7. The van der Waals surface area contributed by atoms with Gasteiger partial charge in [0, 0.05) is 0 Å². The van der Waals surface area contributed by atoms with E-state index in [0.717, 1.165) is 12.1 Å². The lowest BCUT2D eigenvalue weighted by Gasteiger charge is -2.09. The molecule has 2 N–H and O–H groups in total. The van der Waals surface area contributed by atoms with E-state index in [1.54, 1.807) is 0 Å². The smallest absolute Gasteiger partial charge is 0.344 e. The molecule has 0 bridgehead atoms. The van der Waals surface area contributed by atoms with Crippen molar-refractivity contribution in [1.82, 2.24) is 10.5 Å². The zero-order chi connectivity index (χ0) is 25.0. The highest BCUT2D eigenvalue weighted by molar-refractivity contribution is 6.33. The molecule has 13 heteroatoms. The summed E-state index contributed by atoms with van der Waals surface area (Å²) in [5, 5.41) is 7.64. The Hall–Kier alpha value is -3.93. The summed E-state index contributed by atoms with van der Waals surface area (Å²) in [5.74, 6) is -8.56. The second kappa shape index (κ2) is 10.3. The van der Waals surface area contributed by atoms with Crippen molar-refractivity contribution in [3.8, 4) is 11.3 Å². The predicted molar refractivity (Wildman–Crippen MR) is 110 cm³/mol. The van der Waals surface area contributed by atoms with E-state index >= 15 is 0 Å². The fourth-order valence-corrected chi connectivity index (χ4v) is 3.01. The van der Waals surface area contributed by atoms with Crippen LogP contribution < -0.4 is 10.6 Å². The number of nitrogens with one attached hydrogen (secondary N) is 2. The average Bonchev–Trinajstić information content (AvgIpc) is 3.17. The number of carbonyl (C=O) groups is 3. The number of halogens is 5. The second-order valence-electron chi connectivity index (χ2n) is 6.68. The van der Waals surface area contributed by atoms with E-state index < -0.39 is 59.9 Å². The molecule has 0 fully saturated rings. The van der Waals surface area contributed by atoms with Gasteiger partial charge in [0.15, 0.2) is 24.1 Å². The SMILES string of the molecule is Cc1onc(-c2c(F)cccc2Cl)c1C(=O)OCC(=O)NCC(=O)Nc1ccc(F)c(F)c1F. The third-order valence-corrected chi connectivity index (χ3v) is 4.67. The maximum atomic E-state index is 14.2. The lowest BCUT2D eigenvalue weighted by atomic mass is 10.1. The lowest BCUT2D eigenvalue weighted by molar-refractivity contribution is -0.126. The minimum absolute atomic E-state index is 0.0207. The van der Waals surface area contributed by atoms with Crippen molar-refractivity contribution in [3.05, 3.63) is 69.9 Å². The van der Waals surface area contributed by atoms with Crippen molar-refractivity contribution in [1.29, 1.82) is 0 Å². The first-order valence-electron chi connectivity index (χ1n) is 9.38. The van der Waals surface area contributed by atoms with E-state index in [1.165, 1.54) is 19.1 Å². The fraction of sp³-hybridized carbons (Fsp3) is 0.143. The van der Waals surface area contributed by atoms with Crippen molar-refractivity contribution in [2.24, 2.45) is 0 Å². The Balaban J connectivity index is 1.58. The summed E-state index contributed by atoms with van der Waals surface area (Å²) in [7, 11) is 0. The summed E-state index contributed by atoms with van der Waals surface area (Å²) in [4.78, 5) is 36.2. The zero-order valence-corrected chi connectivity index (χ0v) is 17.9. The van der Waals surface area contributed by atoms with Crippen LogP contribution in [0.15, 0.2) is 34.9 Å². The zero-order valence-electron chi connectivity index (χ0n) is 17.2. The minimum Gasteiger partial charge on any atom is -0.452 e. The summed E-state index contributed by atoms with van der Waals surface area (Å²) in [5.41, 5.74) is -1.31. The molecule has 0 atom stereocenters. The van der Waals surface area contributed by atoms with E-state index in [0.29, 0.717) is 6.07 Å². The van der Waals surface area contributed by atoms with Crippen LogP contribution in [0.25, 0.3) is 11.3 Å². The third-order valence-electron chi connectivity index (χ3n) is 4.36. The number of anilines is 1. The molecule has 0 saturated carbocycles.